The van der Waals surface area contributed by atoms with Crippen LogP contribution in [0.15, 0.2) is 133 Å². The van der Waals surface area contributed by atoms with Crippen molar-refractivity contribution in [2.45, 2.75) is 114 Å². The molecule has 9 heteroatoms. The highest BCUT2D eigenvalue weighted by molar-refractivity contribution is 6.03. The van der Waals surface area contributed by atoms with E-state index >= 15 is 4.79 Å². The Hall–Kier alpha value is -5.22. The SMILES string of the molecule is C=CCOc1ccc2c(c1)[C@H]1[C@H](CCCCO)[C@@H](CCCCO)C=C3C(=NOCc4ccccc4)C[C@H](N(Cc4cccc5ccccc45)C(=O)CCC4CCCC4)[C@@](OCC=C)(O2)[C@H]31. The molecule has 9 nitrogen and oxygen atoms in total. The number of carbonyl (C=O) groups is 1. The van der Waals surface area contributed by atoms with Gasteiger partial charge in [-0.25, -0.2) is 0 Å². The molecular weight excluding hydrogens is 813 g/mol. The standard InChI is InChI=1S/C56H68N2O7/c1-3-33-62-45-28-29-51-49(36-45)54-47(26-13-15-32-60)43(22-12-14-31-59)35-48-50(57-64-39-41-19-6-5-7-20-41)37-52(56(65-51,55(48)54)63-34-4-2)58(53(61)30-27-40-17-8-9-18-40)38-44-24-16-23-42-21-10-11-25-46(42)44/h3-7,10-11,16,19-21,23-25,28-29,35-36,40,43,47,52,54-55,59-60H,1-2,8-9,12-15,17-18,22,26-27,30-34,37-39H2/t43-,47+,52-,54+,55+,56+/m0/s1. The molecule has 3 aliphatic carbocycles. The van der Waals surface area contributed by atoms with E-state index in [4.69, 9.17) is 24.2 Å². The van der Waals surface area contributed by atoms with Crippen molar-refractivity contribution in [2.75, 3.05) is 26.4 Å². The van der Waals surface area contributed by atoms with Gasteiger partial charge >= 0.3 is 0 Å². The van der Waals surface area contributed by atoms with Gasteiger partial charge < -0.3 is 34.2 Å². The molecule has 2 N–H and O–H groups in total. The molecule has 65 heavy (non-hydrogen) atoms. The van der Waals surface area contributed by atoms with Gasteiger partial charge in [0.25, 0.3) is 0 Å². The molecule has 6 atom stereocenters. The maximum atomic E-state index is 15.5. The Balaban J connectivity index is 1.34. The van der Waals surface area contributed by atoms with Crippen LogP contribution in [0.3, 0.4) is 0 Å². The lowest BCUT2D eigenvalue weighted by Crippen LogP contribution is -2.70. The summed E-state index contributed by atoms with van der Waals surface area (Å²) < 4.78 is 21.1. The lowest BCUT2D eigenvalue weighted by atomic mass is 9.55. The normalized spacial score (nSPS) is 24.1. The number of hydrogen-bond donors (Lipinski definition) is 2. The minimum absolute atomic E-state index is 0.0738. The van der Waals surface area contributed by atoms with Gasteiger partial charge in [0, 0.05) is 44.1 Å². The summed E-state index contributed by atoms with van der Waals surface area (Å²) in [5.74, 6) is 0.356. The number of nitrogens with zero attached hydrogens (tertiary/aromatic N) is 2. The molecule has 0 spiro atoms. The number of hydrogen-bond acceptors (Lipinski definition) is 8. The van der Waals surface area contributed by atoms with Crippen LogP contribution in [0.2, 0.25) is 0 Å². The molecule has 1 aliphatic heterocycles. The van der Waals surface area contributed by atoms with Gasteiger partial charge in [-0.05, 0) is 95.5 Å². The van der Waals surface area contributed by atoms with Crippen molar-refractivity contribution in [3.05, 3.63) is 145 Å². The third-order valence-electron chi connectivity index (χ3n) is 14.4. The minimum Gasteiger partial charge on any atom is -0.490 e. The van der Waals surface area contributed by atoms with Crippen molar-refractivity contribution < 1.29 is 34.1 Å². The summed E-state index contributed by atoms with van der Waals surface area (Å²) >= 11 is 0. The number of rotatable bonds is 23. The second-order valence-electron chi connectivity index (χ2n) is 18.5. The molecule has 0 aromatic heterocycles. The average molecular weight is 881 g/mol. The molecular formula is C56H68N2O7. The quantitative estimate of drug-likeness (QED) is 0.0434. The highest BCUT2D eigenvalue weighted by Crippen LogP contribution is 2.62. The van der Waals surface area contributed by atoms with E-state index in [1.165, 1.54) is 12.8 Å². The number of aliphatic hydroxyl groups excluding tert-OH is 2. The number of fused-ring (bicyclic) bond motifs is 3. The Morgan fingerprint density at radius 1 is 0.862 bits per heavy atom. The molecule has 0 saturated heterocycles. The highest BCUT2D eigenvalue weighted by atomic mass is 16.7. The lowest BCUT2D eigenvalue weighted by Gasteiger charge is -2.60. The van der Waals surface area contributed by atoms with Crippen LogP contribution < -0.4 is 9.47 Å². The third kappa shape index (κ3) is 10.4. The van der Waals surface area contributed by atoms with E-state index in [9.17, 15) is 10.2 Å². The van der Waals surface area contributed by atoms with E-state index in [0.29, 0.717) is 57.1 Å². The lowest BCUT2D eigenvalue weighted by molar-refractivity contribution is -0.258. The van der Waals surface area contributed by atoms with Gasteiger partial charge in [-0.15, -0.1) is 6.58 Å². The van der Waals surface area contributed by atoms with Gasteiger partial charge in [0.1, 0.15) is 30.8 Å². The maximum absolute atomic E-state index is 15.5. The van der Waals surface area contributed by atoms with Crippen LogP contribution in [0, 0.1) is 23.7 Å². The smallest absolute Gasteiger partial charge is 0.239 e. The zero-order chi connectivity index (χ0) is 45.0. The summed E-state index contributed by atoms with van der Waals surface area (Å²) in [7, 11) is 0. The fourth-order valence-corrected chi connectivity index (χ4v) is 11.4. The summed E-state index contributed by atoms with van der Waals surface area (Å²) in [6.45, 7) is 9.49. The number of ether oxygens (including phenoxy) is 3. The number of oxime groups is 1. The van der Waals surface area contributed by atoms with Crippen molar-refractivity contribution in [3.8, 4) is 11.5 Å². The van der Waals surface area contributed by atoms with Gasteiger partial charge in [0.15, 0.2) is 0 Å². The van der Waals surface area contributed by atoms with Crippen molar-refractivity contribution in [1.29, 1.82) is 0 Å². The molecule has 0 unspecified atom stereocenters. The molecule has 8 rings (SSSR count). The monoisotopic (exact) mass is 881 g/mol. The Kier molecular flexibility index (Phi) is 15.9. The number of benzene rings is 4. The van der Waals surface area contributed by atoms with Crippen molar-refractivity contribution in [2.24, 2.45) is 28.8 Å². The molecule has 2 saturated carbocycles. The van der Waals surface area contributed by atoms with Crippen LogP contribution in [0.1, 0.15) is 106 Å². The number of allylic oxidation sites excluding steroid dienone is 1. The van der Waals surface area contributed by atoms with Gasteiger partial charge in [-0.1, -0.05) is 141 Å². The Labute approximate surface area is 385 Å². The minimum atomic E-state index is -1.35. The van der Waals surface area contributed by atoms with Crippen LogP contribution in [-0.4, -0.2) is 65.0 Å². The molecule has 2 fully saturated rings. The summed E-state index contributed by atoms with van der Waals surface area (Å²) in [6.07, 6.45) is 17.1. The largest absolute Gasteiger partial charge is 0.490 e. The van der Waals surface area contributed by atoms with Gasteiger partial charge in [-0.3, -0.25) is 4.79 Å². The Morgan fingerprint density at radius 2 is 1.62 bits per heavy atom. The zero-order valence-electron chi connectivity index (χ0n) is 38.0. The molecule has 1 heterocycles. The number of aliphatic hydroxyl groups is 2. The fourth-order valence-electron chi connectivity index (χ4n) is 11.4. The number of unbranched alkanes of at least 4 members (excludes halogenated alkanes) is 2. The van der Waals surface area contributed by atoms with Crippen LogP contribution >= 0.6 is 0 Å². The van der Waals surface area contributed by atoms with Gasteiger partial charge in [-0.2, -0.15) is 0 Å². The van der Waals surface area contributed by atoms with Crippen molar-refractivity contribution >= 4 is 22.4 Å². The number of amides is 1. The van der Waals surface area contributed by atoms with E-state index in [2.05, 4.69) is 72.7 Å². The predicted molar refractivity (Wildman–Crippen MR) is 258 cm³/mol. The molecule has 4 aromatic rings. The van der Waals surface area contributed by atoms with E-state index in [-0.39, 0.29) is 43.5 Å². The summed E-state index contributed by atoms with van der Waals surface area (Å²) in [4.78, 5) is 23.9. The highest BCUT2D eigenvalue weighted by Gasteiger charge is 2.65. The molecule has 4 aromatic carbocycles. The Morgan fingerprint density at radius 3 is 2.40 bits per heavy atom. The second kappa shape index (κ2) is 22.3. The van der Waals surface area contributed by atoms with E-state index in [1.807, 2.05) is 42.5 Å². The second-order valence-corrected chi connectivity index (χ2v) is 18.5. The van der Waals surface area contributed by atoms with Gasteiger partial charge in [0.05, 0.1) is 18.2 Å². The predicted octanol–water partition coefficient (Wildman–Crippen LogP) is 11.2. The molecule has 0 bridgehead atoms. The molecule has 0 radical (unpaired) electrons. The van der Waals surface area contributed by atoms with Gasteiger partial charge in [0.2, 0.25) is 11.7 Å². The third-order valence-corrected chi connectivity index (χ3v) is 14.4. The zero-order valence-corrected chi connectivity index (χ0v) is 38.0. The fraction of sp³-hybridized carbons (Fsp3) is 0.464. The number of carbonyl (C=O) groups excluding carboxylic acids is 1. The van der Waals surface area contributed by atoms with E-state index < -0.39 is 17.7 Å². The van der Waals surface area contributed by atoms with E-state index in [1.54, 1.807) is 12.2 Å². The molecule has 4 aliphatic rings. The van der Waals surface area contributed by atoms with Crippen molar-refractivity contribution in [3.63, 3.8) is 0 Å². The van der Waals surface area contributed by atoms with Crippen LogP contribution in [0.5, 0.6) is 11.5 Å². The first kappa shape index (κ1) is 46.3. The maximum Gasteiger partial charge on any atom is 0.239 e. The summed E-state index contributed by atoms with van der Waals surface area (Å²) in [5.41, 5.74) is 4.90. The summed E-state index contributed by atoms with van der Waals surface area (Å²) in [5, 5.41) is 27.3. The van der Waals surface area contributed by atoms with Crippen LogP contribution in [0.4, 0.5) is 0 Å². The topological polar surface area (TPSA) is 110 Å². The van der Waals surface area contributed by atoms with Crippen LogP contribution in [-0.2, 0) is 27.5 Å². The van der Waals surface area contributed by atoms with Crippen LogP contribution in [0.25, 0.3) is 10.8 Å². The average Bonchev–Trinajstić information content (AvgIpc) is 3.87. The summed E-state index contributed by atoms with van der Waals surface area (Å²) in [6, 6.07) is 30.3. The Bertz CT molecular complexity index is 2280. The van der Waals surface area contributed by atoms with E-state index in [0.717, 1.165) is 89.4 Å². The molecule has 1 amide bonds. The first-order valence-electron chi connectivity index (χ1n) is 24.2. The van der Waals surface area contributed by atoms with Crippen molar-refractivity contribution in [1.82, 2.24) is 4.90 Å². The first-order valence-corrected chi connectivity index (χ1v) is 24.2. The first-order chi connectivity index (χ1) is 32.0. The molecule has 344 valence electrons.